The van der Waals surface area contributed by atoms with Gasteiger partial charge in [0, 0.05) is 19.0 Å². The number of nitrogens with one attached hydrogen (secondary N) is 1. The van der Waals surface area contributed by atoms with Crippen LogP contribution in [0.5, 0.6) is 0 Å². The number of carbonyl (C=O) groups excluding carboxylic acids is 1. The summed E-state index contributed by atoms with van der Waals surface area (Å²) < 4.78 is 2.27. The fourth-order valence-electron chi connectivity index (χ4n) is 3.67. The van der Waals surface area contributed by atoms with E-state index < -0.39 is 5.54 Å². The quantitative estimate of drug-likeness (QED) is 0.712. The van der Waals surface area contributed by atoms with Crippen LogP contribution in [-0.2, 0) is 4.79 Å². The standard InChI is InChI=1S/C16H25N3OS.2C2H6/c1-3-21-19-10-8-16(9-11-19)15(20)17-14(18-16)13-6-4-12(2)5-7-13;2*1-2/h3,12-13H,1,4-11H2,2H3,(H,17,18,20);2*1-2H3. The van der Waals surface area contributed by atoms with Crippen LogP contribution in [-0.4, -0.2) is 34.7 Å². The van der Waals surface area contributed by atoms with Gasteiger partial charge in [0.1, 0.15) is 11.4 Å². The molecule has 1 amide bonds. The summed E-state index contributed by atoms with van der Waals surface area (Å²) in [4.78, 5) is 17.4. The Balaban J connectivity index is 0.000000730. The number of amidine groups is 1. The van der Waals surface area contributed by atoms with Gasteiger partial charge >= 0.3 is 0 Å². The Hall–Kier alpha value is -0.810. The fourth-order valence-corrected chi connectivity index (χ4v) is 4.28. The van der Waals surface area contributed by atoms with E-state index in [2.05, 4.69) is 23.1 Å². The average Bonchev–Trinajstić information content (AvgIpc) is 2.98. The first-order chi connectivity index (χ1) is 12.1. The second kappa shape index (κ2) is 11.0. The molecule has 0 aromatic rings. The van der Waals surface area contributed by atoms with E-state index in [-0.39, 0.29) is 5.91 Å². The van der Waals surface area contributed by atoms with E-state index in [4.69, 9.17) is 4.99 Å². The van der Waals surface area contributed by atoms with Gasteiger partial charge in [-0.15, -0.1) is 0 Å². The third-order valence-corrected chi connectivity index (χ3v) is 5.99. The number of piperidine rings is 1. The maximum absolute atomic E-state index is 12.5. The lowest BCUT2D eigenvalue weighted by Crippen LogP contribution is -2.47. The van der Waals surface area contributed by atoms with E-state index in [0.717, 1.165) is 37.7 Å². The van der Waals surface area contributed by atoms with E-state index in [0.29, 0.717) is 5.92 Å². The van der Waals surface area contributed by atoms with Gasteiger partial charge in [-0.3, -0.25) is 9.79 Å². The zero-order chi connectivity index (χ0) is 18.9. The Kier molecular flexibility index (Phi) is 9.80. The Labute approximate surface area is 159 Å². The predicted molar refractivity (Wildman–Crippen MR) is 111 cm³/mol. The second-order valence-electron chi connectivity index (χ2n) is 6.64. The molecule has 2 fully saturated rings. The molecule has 2 heterocycles. The highest BCUT2D eigenvalue weighted by Gasteiger charge is 2.46. The Morgan fingerprint density at radius 2 is 1.72 bits per heavy atom. The molecule has 0 aromatic carbocycles. The lowest BCUT2D eigenvalue weighted by Gasteiger charge is -2.34. The average molecular weight is 368 g/mol. The summed E-state index contributed by atoms with van der Waals surface area (Å²) in [7, 11) is 0. The number of hydrogen-bond donors (Lipinski definition) is 1. The Bertz CT molecular complexity index is 448. The second-order valence-corrected chi connectivity index (χ2v) is 7.70. The Morgan fingerprint density at radius 3 is 2.24 bits per heavy atom. The third-order valence-electron chi connectivity index (χ3n) is 5.17. The molecule has 25 heavy (non-hydrogen) atoms. The highest BCUT2D eigenvalue weighted by molar-refractivity contribution is 7.99. The van der Waals surface area contributed by atoms with Crippen molar-refractivity contribution in [3.05, 3.63) is 12.0 Å². The summed E-state index contributed by atoms with van der Waals surface area (Å²) in [5, 5.41) is 4.96. The van der Waals surface area contributed by atoms with Gasteiger partial charge < -0.3 is 5.32 Å². The van der Waals surface area contributed by atoms with Crippen LogP contribution in [0, 0.1) is 11.8 Å². The molecule has 2 aliphatic heterocycles. The van der Waals surface area contributed by atoms with Crippen molar-refractivity contribution in [3.63, 3.8) is 0 Å². The van der Waals surface area contributed by atoms with Crippen LogP contribution in [0.3, 0.4) is 0 Å². The van der Waals surface area contributed by atoms with Gasteiger partial charge in [-0.2, -0.15) is 0 Å². The van der Waals surface area contributed by atoms with Crippen molar-refractivity contribution < 1.29 is 4.79 Å². The van der Waals surface area contributed by atoms with Gasteiger partial charge in [-0.25, -0.2) is 4.31 Å². The molecule has 5 heteroatoms. The predicted octanol–water partition coefficient (Wildman–Crippen LogP) is 5.02. The summed E-state index contributed by atoms with van der Waals surface area (Å²) in [6.45, 7) is 15.9. The third kappa shape index (κ3) is 5.58. The van der Waals surface area contributed by atoms with E-state index >= 15 is 0 Å². The smallest absolute Gasteiger partial charge is 0.253 e. The van der Waals surface area contributed by atoms with Crippen LogP contribution in [0.15, 0.2) is 17.0 Å². The van der Waals surface area contributed by atoms with Crippen molar-refractivity contribution in [2.45, 2.75) is 78.7 Å². The fraction of sp³-hybridized carbons (Fsp3) is 0.800. The van der Waals surface area contributed by atoms with Gasteiger partial charge in [0.2, 0.25) is 0 Å². The molecular weight excluding hydrogens is 330 g/mol. The van der Waals surface area contributed by atoms with Crippen molar-refractivity contribution in [2.75, 3.05) is 13.1 Å². The normalized spacial score (nSPS) is 28.0. The van der Waals surface area contributed by atoms with Crippen LogP contribution in [0.1, 0.15) is 73.1 Å². The summed E-state index contributed by atoms with van der Waals surface area (Å²) in [6, 6.07) is 0. The van der Waals surface area contributed by atoms with E-state index in [9.17, 15) is 4.79 Å². The first kappa shape index (κ1) is 22.2. The highest BCUT2D eigenvalue weighted by Crippen LogP contribution is 2.36. The number of hydrogen-bond acceptors (Lipinski definition) is 4. The van der Waals surface area contributed by atoms with Crippen molar-refractivity contribution >= 4 is 23.7 Å². The van der Waals surface area contributed by atoms with Crippen LogP contribution < -0.4 is 5.32 Å². The summed E-state index contributed by atoms with van der Waals surface area (Å²) in [5.41, 5.74) is -0.476. The minimum Gasteiger partial charge on any atom is -0.312 e. The number of amides is 1. The molecular formula is C20H37N3OS. The SMILES string of the molecule is C=CSN1CCC2(CC1)N=C(C1CCC(C)CC1)NC2=O.CC.CC. The summed E-state index contributed by atoms with van der Waals surface area (Å²) in [6.07, 6.45) is 6.52. The van der Waals surface area contributed by atoms with Crippen molar-refractivity contribution in [1.29, 1.82) is 0 Å². The number of aliphatic imine (C=N–C) groups is 1. The summed E-state index contributed by atoms with van der Waals surface area (Å²) >= 11 is 1.64. The number of nitrogens with zero attached hydrogens (tertiary/aromatic N) is 2. The largest absolute Gasteiger partial charge is 0.312 e. The van der Waals surface area contributed by atoms with Gasteiger partial charge in [-0.1, -0.05) is 66.0 Å². The molecule has 0 bridgehead atoms. The van der Waals surface area contributed by atoms with Gasteiger partial charge in [0.15, 0.2) is 0 Å². The molecule has 1 aliphatic carbocycles. The minimum absolute atomic E-state index is 0.138. The maximum atomic E-state index is 12.5. The van der Waals surface area contributed by atoms with Crippen LogP contribution >= 0.6 is 11.9 Å². The van der Waals surface area contributed by atoms with Crippen molar-refractivity contribution in [2.24, 2.45) is 16.8 Å². The van der Waals surface area contributed by atoms with Crippen molar-refractivity contribution in [3.8, 4) is 0 Å². The molecule has 1 saturated carbocycles. The zero-order valence-electron chi connectivity index (χ0n) is 16.8. The molecule has 1 N–H and O–H groups in total. The van der Waals surface area contributed by atoms with Gasteiger partial charge in [0.05, 0.1) is 0 Å². The molecule has 0 aromatic heterocycles. The first-order valence-electron chi connectivity index (χ1n) is 10.1. The van der Waals surface area contributed by atoms with E-state index in [1.807, 2.05) is 33.1 Å². The maximum Gasteiger partial charge on any atom is 0.253 e. The number of carbonyl (C=O) groups is 1. The molecule has 1 spiro atoms. The Morgan fingerprint density at radius 1 is 1.16 bits per heavy atom. The summed E-state index contributed by atoms with van der Waals surface area (Å²) in [5.74, 6) is 2.42. The highest BCUT2D eigenvalue weighted by atomic mass is 32.2. The molecule has 0 atom stereocenters. The molecule has 0 unspecified atom stereocenters. The molecule has 144 valence electrons. The van der Waals surface area contributed by atoms with Crippen LogP contribution in [0.2, 0.25) is 0 Å². The van der Waals surface area contributed by atoms with Gasteiger partial charge in [-0.05, 0) is 37.0 Å². The molecule has 3 aliphatic rings. The molecule has 0 radical (unpaired) electrons. The lowest BCUT2D eigenvalue weighted by atomic mass is 9.82. The molecule has 1 saturated heterocycles. The van der Waals surface area contributed by atoms with Crippen molar-refractivity contribution in [1.82, 2.24) is 9.62 Å². The van der Waals surface area contributed by atoms with E-state index in [1.54, 1.807) is 11.9 Å². The number of rotatable bonds is 3. The lowest BCUT2D eigenvalue weighted by molar-refractivity contribution is -0.124. The topological polar surface area (TPSA) is 44.7 Å². The minimum atomic E-state index is -0.476. The molecule has 4 nitrogen and oxygen atoms in total. The van der Waals surface area contributed by atoms with E-state index in [1.165, 1.54) is 25.7 Å². The first-order valence-corrected chi connectivity index (χ1v) is 10.9. The van der Waals surface area contributed by atoms with Gasteiger partial charge in [0.25, 0.3) is 5.91 Å². The zero-order valence-corrected chi connectivity index (χ0v) is 17.6. The van der Waals surface area contributed by atoms with Crippen LogP contribution in [0.25, 0.3) is 0 Å². The molecule has 3 rings (SSSR count). The monoisotopic (exact) mass is 367 g/mol. The van der Waals surface area contributed by atoms with Crippen LogP contribution in [0.4, 0.5) is 0 Å².